The van der Waals surface area contributed by atoms with E-state index >= 15 is 0 Å². The number of hydrogen-bond donors (Lipinski definition) is 3. The fourth-order valence-corrected chi connectivity index (χ4v) is 3.15. The van der Waals surface area contributed by atoms with Gasteiger partial charge < -0.3 is 15.5 Å². The Hall–Kier alpha value is -1.95. The van der Waals surface area contributed by atoms with Crippen LogP contribution in [0.15, 0.2) is 48.7 Å². The Morgan fingerprint density at radius 2 is 2.04 bits per heavy atom. The molecule has 1 aromatic heterocycles. The number of aromatic nitrogens is 1. The van der Waals surface area contributed by atoms with Crippen LogP contribution in [0.5, 0.6) is 0 Å². The summed E-state index contributed by atoms with van der Waals surface area (Å²) in [6.07, 6.45) is 1.22. The maximum atomic E-state index is 12.4. The van der Waals surface area contributed by atoms with Crippen molar-refractivity contribution in [2.75, 3.05) is 6.61 Å². The Kier molecular flexibility index (Phi) is 5.14. The molecule has 4 atom stereocenters. The van der Waals surface area contributed by atoms with Crippen molar-refractivity contribution in [3.05, 3.63) is 64.9 Å². The Morgan fingerprint density at radius 3 is 2.71 bits per heavy atom. The lowest BCUT2D eigenvalue weighted by Crippen LogP contribution is -2.43. The fraction of sp³-hybridized carbons (Fsp3) is 0.333. The van der Waals surface area contributed by atoms with E-state index in [0.29, 0.717) is 17.1 Å². The summed E-state index contributed by atoms with van der Waals surface area (Å²) < 4.78 is 0. The number of nitrogens with zero attached hydrogens (tertiary/aromatic N) is 1. The molecule has 0 unspecified atom stereocenters. The lowest BCUT2D eigenvalue weighted by molar-refractivity contribution is -0.124. The highest BCUT2D eigenvalue weighted by atomic mass is 35.5. The minimum Gasteiger partial charge on any atom is -0.394 e. The fourth-order valence-electron chi connectivity index (χ4n) is 2.88. The molecule has 0 spiro atoms. The molecule has 1 aliphatic rings. The minimum atomic E-state index is -1.06. The first-order valence-corrected chi connectivity index (χ1v) is 8.24. The molecule has 0 saturated heterocycles. The van der Waals surface area contributed by atoms with Crippen molar-refractivity contribution < 1.29 is 15.0 Å². The molecular weight excluding hydrogens is 328 g/mol. The molecule has 3 rings (SSSR count). The number of benzene rings is 1. The third kappa shape index (κ3) is 3.59. The monoisotopic (exact) mass is 346 g/mol. The molecule has 1 aromatic carbocycles. The Labute approximate surface area is 145 Å². The minimum absolute atomic E-state index is 0.0880. The molecule has 6 heteroatoms. The van der Waals surface area contributed by atoms with E-state index in [0.717, 1.165) is 5.56 Å². The zero-order valence-electron chi connectivity index (χ0n) is 13.0. The number of halogens is 1. The number of carbonyl (C=O) groups is 1. The van der Waals surface area contributed by atoms with Crippen LogP contribution in [0.3, 0.4) is 0 Å². The number of rotatable bonds is 6. The van der Waals surface area contributed by atoms with E-state index in [-0.39, 0.29) is 24.3 Å². The SMILES string of the molecule is O=C(N[C@H](CO)[C@@H](O)c1ccccn1)[C@@H]1C[C@H]1c1ccccc1Cl. The maximum absolute atomic E-state index is 12.4. The summed E-state index contributed by atoms with van der Waals surface area (Å²) >= 11 is 6.17. The number of amides is 1. The number of carbonyl (C=O) groups excluding carboxylic acids is 1. The van der Waals surface area contributed by atoms with Crippen LogP contribution >= 0.6 is 11.6 Å². The second kappa shape index (κ2) is 7.30. The Balaban J connectivity index is 1.63. The summed E-state index contributed by atoms with van der Waals surface area (Å²) in [7, 11) is 0. The van der Waals surface area contributed by atoms with Gasteiger partial charge in [0.15, 0.2) is 0 Å². The molecule has 0 radical (unpaired) electrons. The molecule has 1 aliphatic carbocycles. The topological polar surface area (TPSA) is 82.5 Å². The van der Waals surface area contributed by atoms with Crippen LogP contribution in [-0.4, -0.2) is 33.8 Å². The largest absolute Gasteiger partial charge is 0.394 e. The predicted molar refractivity (Wildman–Crippen MR) is 90.5 cm³/mol. The standard InChI is InChI=1S/C18H19ClN2O3/c19-14-6-2-1-5-11(14)12-9-13(12)18(24)21-16(10-22)17(23)15-7-3-4-8-20-15/h1-8,12-13,16-17,22-23H,9-10H2,(H,21,24)/t12-,13+,16+,17-/m0/s1. The van der Waals surface area contributed by atoms with Gasteiger partial charge in [-0.25, -0.2) is 0 Å². The van der Waals surface area contributed by atoms with Gasteiger partial charge in [-0.15, -0.1) is 0 Å². The van der Waals surface area contributed by atoms with Gasteiger partial charge in [0.05, 0.1) is 18.3 Å². The van der Waals surface area contributed by atoms with Gasteiger partial charge in [-0.3, -0.25) is 9.78 Å². The van der Waals surface area contributed by atoms with Gasteiger partial charge in [-0.1, -0.05) is 35.9 Å². The molecule has 5 nitrogen and oxygen atoms in total. The van der Waals surface area contributed by atoms with Gasteiger partial charge in [-0.2, -0.15) is 0 Å². The van der Waals surface area contributed by atoms with Crippen molar-refractivity contribution >= 4 is 17.5 Å². The number of pyridine rings is 1. The second-order valence-corrected chi connectivity index (χ2v) is 6.37. The lowest BCUT2D eigenvalue weighted by Gasteiger charge is -2.22. The van der Waals surface area contributed by atoms with Gasteiger partial charge in [0.25, 0.3) is 0 Å². The average molecular weight is 347 g/mol. The van der Waals surface area contributed by atoms with E-state index in [1.807, 2.05) is 24.3 Å². The molecule has 2 aromatic rings. The summed E-state index contributed by atoms with van der Waals surface area (Å²) in [5.74, 6) is -0.283. The molecule has 1 saturated carbocycles. The third-order valence-corrected chi connectivity index (χ3v) is 4.67. The smallest absolute Gasteiger partial charge is 0.224 e. The second-order valence-electron chi connectivity index (χ2n) is 5.97. The highest BCUT2D eigenvalue weighted by Crippen LogP contribution is 2.49. The van der Waals surface area contributed by atoms with Crippen LogP contribution in [0.2, 0.25) is 5.02 Å². The third-order valence-electron chi connectivity index (χ3n) is 4.33. The van der Waals surface area contributed by atoms with Crippen LogP contribution in [0, 0.1) is 5.92 Å². The molecule has 1 heterocycles. The summed E-state index contributed by atoms with van der Waals surface area (Å²) in [5.41, 5.74) is 1.38. The molecular formula is C18H19ClN2O3. The number of aliphatic hydroxyl groups excluding tert-OH is 2. The number of nitrogens with one attached hydrogen (secondary N) is 1. The number of aliphatic hydroxyl groups is 2. The Bertz CT molecular complexity index is 710. The van der Waals surface area contributed by atoms with Crippen molar-refractivity contribution in [2.24, 2.45) is 5.92 Å². The van der Waals surface area contributed by atoms with Crippen molar-refractivity contribution in [3.8, 4) is 0 Å². The maximum Gasteiger partial charge on any atom is 0.224 e. The normalized spacial score (nSPS) is 21.8. The molecule has 126 valence electrons. The summed E-state index contributed by atoms with van der Waals surface area (Å²) in [6, 6.07) is 11.8. The first kappa shape index (κ1) is 16.9. The van der Waals surface area contributed by atoms with Gasteiger partial charge in [0.1, 0.15) is 6.10 Å². The zero-order chi connectivity index (χ0) is 17.1. The van der Waals surface area contributed by atoms with E-state index in [1.165, 1.54) is 0 Å². The Morgan fingerprint density at radius 1 is 1.29 bits per heavy atom. The van der Waals surface area contributed by atoms with Gasteiger partial charge >= 0.3 is 0 Å². The molecule has 24 heavy (non-hydrogen) atoms. The molecule has 1 amide bonds. The highest BCUT2D eigenvalue weighted by Gasteiger charge is 2.45. The molecule has 0 aliphatic heterocycles. The van der Waals surface area contributed by atoms with Crippen molar-refractivity contribution in [3.63, 3.8) is 0 Å². The van der Waals surface area contributed by atoms with Crippen molar-refractivity contribution in [2.45, 2.75) is 24.5 Å². The average Bonchev–Trinajstić information content (AvgIpc) is 3.40. The van der Waals surface area contributed by atoms with E-state index in [4.69, 9.17) is 11.6 Å². The van der Waals surface area contributed by atoms with Crippen LogP contribution < -0.4 is 5.32 Å². The first-order valence-electron chi connectivity index (χ1n) is 7.86. The molecule has 0 bridgehead atoms. The van der Waals surface area contributed by atoms with Gasteiger partial charge in [-0.05, 0) is 36.1 Å². The van der Waals surface area contributed by atoms with Gasteiger partial charge in [0, 0.05) is 17.1 Å². The van der Waals surface area contributed by atoms with E-state index in [9.17, 15) is 15.0 Å². The molecule has 3 N–H and O–H groups in total. The predicted octanol–water partition coefficient (Wildman–Crippen LogP) is 2.05. The van der Waals surface area contributed by atoms with E-state index < -0.39 is 12.1 Å². The first-order chi connectivity index (χ1) is 11.6. The molecule has 1 fully saturated rings. The van der Waals surface area contributed by atoms with Crippen LogP contribution in [0.1, 0.15) is 29.7 Å². The lowest BCUT2D eigenvalue weighted by atomic mass is 10.1. The summed E-state index contributed by atoms with van der Waals surface area (Å²) in [4.78, 5) is 16.5. The van der Waals surface area contributed by atoms with Crippen molar-refractivity contribution in [1.82, 2.24) is 10.3 Å². The summed E-state index contributed by atoms with van der Waals surface area (Å²) in [6.45, 7) is -0.368. The zero-order valence-corrected chi connectivity index (χ0v) is 13.7. The summed E-state index contributed by atoms with van der Waals surface area (Å²) in [5, 5.41) is 23.2. The number of hydrogen-bond acceptors (Lipinski definition) is 4. The van der Waals surface area contributed by atoms with E-state index in [1.54, 1.807) is 24.4 Å². The van der Waals surface area contributed by atoms with Crippen LogP contribution in [0.4, 0.5) is 0 Å². The van der Waals surface area contributed by atoms with Crippen LogP contribution in [0.25, 0.3) is 0 Å². The van der Waals surface area contributed by atoms with Crippen LogP contribution in [-0.2, 0) is 4.79 Å². The van der Waals surface area contributed by atoms with Gasteiger partial charge in [0.2, 0.25) is 5.91 Å². The quantitative estimate of drug-likeness (QED) is 0.747. The van der Waals surface area contributed by atoms with E-state index in [2.05, 4.69) is 10.3 Å². The van der Waals surface area contributed by atoms with Crippen molar-refractivity contribution in [1.29, 1.82) is 0 Å². The highest BCUT2D eigenvalue weighted by molar-refractivity contribution is 6.31.